The summed E-state index contributed by atoms with van der Waals surface area (Å²) in [5.74, 6) is 0.453. The highest BCUT2D eigenvalue weighted by Crippen LogP contribution is 2.23. The van der Waals surface area contributed by atoms with Crippen LogP contribution in [0.3, 0.4) is 0 Å². The van der Waals surface area contributed by atoms with E-state index < -0.39 is 0 Å². The fraction of sp³-hybridized carbons (Fsp3) is 0.222. The molecule has 24 heavy (non-hydrogen) atoms. The molecule has 3 rings (SSSR count). The molecule has 0 aliphatic rings. The number of benzene rings is 1. The number of rotatable bonds is 6. The number of thiazole rings is 1. The molecule has 122 valence electrons. The summed E-state index contributed by atoms with van der Waals surface area (Å²) in [6.45, 7) is 2.79. The van der Waals surface area contributed by atoms with Gasteiger partial charge in [-0.05, 0) is 24.6 Å². The average molecular weight is 338 g/mol. The van der Waals surface area contributed by atoms with Gasteiger partial charge in [0, 0.05) is 30.0 Å². The summed E-state index contributed by atoms with van der Waals surface area (Å²) in [6.07, 6.45) is 5.31. The number of aromatic nitrogens is 3. The van der Waals surface area contributed by atoms with Crippen LogP contribution in [0.25, 0.3) is 10.8 Å². The lowest BCUT2D eigenvalue weighted by Crippen LogP contribution is -2.32. The molecule has 0 saturated carbocycles. The Labute approximate surface area is 145 Å². The second-order valence-corrected chi connectivity index (χ2v) is 6.11. The molecule has 0 bridgehead atoms. The van der Waals surface area contributed by atoms with Gasteiger partial charge in [-0.25, -0.2) is 15.0 Å². The van der Waals surface area contributed by atoms with Gasteiger partial charge in [0.1, 0.15) is 5.69 Å². The summed E-state index contributed by atoms with van der Waals surface area (Å²) in [7, 11) is 0. The second-order valence-electron chi connectivity index (χ2n) is 5.26. The zero-order valence-corrected chi connectivity index (χ0v) is 14.2. The lowest BCUT2D eigenvalue weighted by Gasteiger charge is -2.21. The fourth-order valence-corrected chi connectivity index (χ4v) is 3.03. The Morgan fingerprint density at radius 3 is 2.58 bits per heavy atom. The summed E-state index contributed by atoms with van der Waals surface area (Å²) in [6, 6.07) is 11.5. The first kappa shape index (κ1) is 16.3. The molecule has 0 unspecified atom stereocenters. The van der Waals surface area contributed by atoms with Gasteiger partial charge in [-0.3, -0.25) is 4.79 Å². The van der Waals surface area contributed by atoms with Gasteiger partial charge in [-0.2, -0.15) is 0 Å². The first-order valence-electron chi connectivity index (χ1n) is 7.89. The predicted molar refractivity (Wildman–Crippen MR) is 96.2 cm³/mol. The van der Waals surface area contributed by atoms with E-state index in [4.69, 9.17) is 0 Å². The van der Waals surface area contributed by atoms with Gasteiger partial charge in [-0.1, -0.05) is 31.5 Å². The van der Waals surface area contributed by atoms with Gasteiger partial charge < -0.3 is 4.90 Å². The molecule has 3 aromatic rings. The van der Waals surface area contributed by atoms with E-state index in [1.54, 1.807) is 28.7 Å². The van der Waals surface area contributed by atoms with Crippen molar-refractivity contribution >= 4 is 22.9 Å². The summed E-state index contributed by atoms with van der Waals surface area (Å²) in [4.78, 5) is 27.5. The standard InChI is InChI=1S/C18H18N4OS/c1-2-3-12-22(14-8-5-4-6-9-14)18(23)15-13-24-17(21-15)16-19-10-7-11-20-16/h4-11,13H,2-3,12H2,1H3. The van der Waals surface area contributed by atoms with E-state index in [1.165, 1.54) is 11.3 Å². The fourth-order valence-electron chi connectivity index (χ4n) is 2.29. The van der Waals surface area contributed by atoms with Crippen molar-refractivity contribution in [3.8, 4) is 10.8 Å². The van der Waals surface area contributed by atoms with Crippen LogP contribution >= 0.6 is 11.3 Å². The van der Waals surface area contributed by atoms with Crippen LogP contribution in [0.1, 0.15) is 30.3 Å². The summed E-state index contributed by atoms with van der Waals surface area (Å²) in [5.41, 5.74) is 1.32. The minimum Gasteiger partial charge on any atom is -0.307 e. The highest BCUT2D eigenvalue weighted by Gasteiger charge is 2.20. The minimum atomic E-state index is -0.0897. The topological polar surface area (TPSA) is 59.0 Å². The average Bonchev–Trinajstić information content (AvgIpc) is 3.14. The Bertz CT molecular complexity index is 789. The van der Waals surface area contributed by atoms with E-state index in [2.05, 4.69) is 21.9 Å². The van der Waals surface area contributed by atoms with Crippen molar-refractivity contribution in [1.29, 1.82) is 0 Å². The number of carbonyl (C=O) groups excluding carboxylic acids is 1. The van der Waals surface area contributed by atoms with Crippen molar-refractivity contribution in [3.05, 3.63) is 59.9 Å². The maximum Gasteiger partial charge on any atom is 0.277 e. The Balaban J connectivity index is 1.86. The van der Waals surface area contributed by atoms with Crippen molar-refractivity contribution in [2.24, 2.45) is 0 Å². The number of para-hydroxylation sites is 1. The monoisotopic (exact) mass is 338 g/mol. The number of nitrogens with zero attached hydrogens (tertiary/aromatic N) is 4. The molecule has 0 radical (unpaired) electrons. The smallest absolute Gasteiger partial charge is 0.277 e. The highest BCUT2D eigenvalue weighted by atomic mass is 32.1. The maximum absolute atomic E-state index is 12.9. The Kier molecular flexibility index (Phi) is 5.28. The van der Waals surface area contributed by atoms with Crippen molar-refractivity contribution in [2.75, 3.05) is 11.4 Å². The van der Waals surface area contributed by atoms with Crippen LogP contribution in [-0.4, -0.2) is 27.4 Å². The van der Waals surface area contributed by atoms with E-state index in [1.807, 2.05) is 30.3 Å². The normalized spacial score (nSPS) is 10.5. The molecule has 1 aromatic carbocycles. The van der Waals surface area contributed by atoms with E-state index >= 15 is 0 Å². The van der Waals surface area contributed by atoms with Crippen LogP contribution in [0.2, 0.25) is 0 Å². The van der Waals surface area contributed by atoms with Crippen LogP contribution in [0.15, 0.2) is 54.2 Å². The molecule has 0 atom stereocenters. The Hall–Kier alpha value is -2.60. The first-order valence-corrected chi connectivity index (χ1v) is 8.77. The van der Waals surface area contributed by atoms with Gasteiger partial charge in [0.05, 0.1) is 0 Å². The van der Waals surface area contributed by atoms with Crippen LogP contribution < -0.4 is 4.90 Å². The number of carbonyl (C=O) groups is 1. The molecule has 2 aromatic heterocycles. The number of anilines is 1. The molecule has 0 saturated heterocycles. The molecule has 0 fully saturated rings. The number of hydrogen-bond donors (Lipinski definition) is 0. The maximum atomic E-state index is 12.9. The number of hydrogen-bond acceptors (Lipinski definition) is 5. The van der Waals surface area contributed by atoms with Crippen LogP contribution in [0.5, 0.6) is 0 Å². The lowest BCUT2D eigenvalue weighted by atomic mass is 10.2. The lowest BCUT2D eigenvalue weighted by molar-refractivity contribution is 0.0982. The van der Waals surface area contributed by atoms with Crippen molar-refractivity contribution in [3.63, 3.8) is 0 Å². The molecule has 0 aliphatic carbocycles. The van der Waals surface area contributed by atoms with E-state index in [0.29, 0.717) is 23.1 Å². The van der Waals surface area contributed by atoms with Gasteiger partial charge in [-0.15, -0.1) is 11.3 Å². The zero-order chi connectivity index (χ0) is 16.8. The summed E-state index contributed by atoms with van der Waals surface area (Å²) in [5, 5.41) is 2.43. The van der Waals surface area contributed by atoms with Crippen molar-refractivity contribution in [2.45, 2.75) is 19.8 Å². The highest BCUT2D eigenvalue weighted by molar-refractivity contribution is 7.13. The van der Waals surface area contributed by atoms with E-state index in [9.17, 15) is 4.79 Å². The van der Waals surface area contributed by atoms with E-state index in [-0.39, 0.29) is 5.91 Å². The second kappa shape index (κ2) is 7.79. The first-order chi connectivity index (χ1) is 11.8. The SMILES string of the molecule is CCCCN(C(=O)c1csc(-c2ncccn2)n1)c1ccccc1. The van der Waals surface area contributed by atoms with Gasteiger partial charge >= 0.3 is 0 Å². The van der Waals surface area contributed by atoms with Crippen molar-refractivity contribution in [1.82, 2.24) is 15.0 Å². The molecule has 6 heteroatoms. The summed E-state index contributed by atoms with van der Waals surface area (Å²) >= 11 is 1.38. The number of amides is 1. The third kappa shape index (κ3) is 3.65. The third-order valence-electron chi connectivity index (χ3n) is 3.53. The number of unbranched alkanes of at least 4 members (excludes halogenated alkanes) is 1. The molecular weight excluding hydrogens is 320 g/mol. The van der Waals surface area contributed by atoms with Gasteiger partial charge in [0.15, 0.2) is 10.8 Å². The van der Waals surface area contributed by atoms with E-state index in [0.717, 1.165) is 18.5 Å². The molecule has 5 nitrogen and oxygen atoms in total. The van der Waals surface area contributed by atoms with Crippen LogP contribution in [0, 0.1) is 0 Å². The molecular formula is C18H18N4OS. The molecule has 2 heterocycles. The molecule has 0 N–H and O–H groups in total. The molecule has 1 amide bonds. The molecule has 0 spiro atoms. The third-order valence-corrected chi connectivity index (χ3v) is 4.37. The largest absolute Gasteiger partial charge is 0.307 e. The van der Waals surface area contributed by atoms with Crippen LogP contribution in [-0.2, 0) is 0 Å². The van der Waals surface area contributed by atoms with Crippen LogP contribution in [0.4, 0.5) is 5.69 Å². The Morgan fingerprint density at radius 2 is 1.88 bits per heavy atom. The molecule has 0 aliphatic heterocycles. The van der Waals surface area contributed by atoms with Gasteiger partial charge in [0.2, 0.25) is 0 Å². The summed E-state index contributed by atoms with van der Waals surface area (Å²) < 4.78 is 0. The predicted octanol–water partition coefficient (Wildman–Crippen LogP) is 4.05. The quantitative estimate of drug-likeness (QED) is 0.680. The Morgan fingerprint density at radius 1 is 1.12 bits per heavy atom. The van der Waals surface area contributed by atoms with Gasteiger partial charge in [0.25, 0.3) is 5.91 Å². The van der Waals surface area contributed by atoms with Crippen molar-refractivity contribution < 1.29 is 4.79 Å². The minimum absolute atomic E-state index is 0.0897. The zero-order valence-electron chi connectivity index (χ0n) is 13.4.